The van der Waals surface area contributed by atoms with E-state index in [2.05, 4.69) is 15.4 Å². The highest BCUT2D eigenvalue weighted by molar-refractivity contribution is 4.73. The molecule has 8 heteroatoms. The molecule has 1 aromatic heterocycles. The van der Waals surface area contributed by atoms with Crippen molar-refractivity contribution in [3.05, 3.63) is 5.82 Å². The molecule has 0 fully saturated rings. The molecular formula is C8H16N4O4. The molecule has 1 aromatic rings. The fourth-order valence-corrected chi connectivity index (χ4v) is 0.965. The normalized spacial score (nSPS) is 17.1. The minimum Gasteiger partial charge on any atom is -0.391 e. The summed E-state index contributed by atoms with van der Waals surface area (Å²) in [7, 11) is 0. The molecule has 0 radical (unpaired) electrons. The van der Waals surface area contributed by atoms with Crippen molar-refractivity contribution in [2.45, 2.75) is 45.5 Å². The van der Waals surface area contributed by atoms with Crippen LogP contribution in [0.2, 0.25) is 0 Å². The van der Waals surface area contributed by atoms with Gasteiger partial charge in [-0.25, -0.2) is 0 Å². The van der Waals surface area contributed by atoms with Gasteiger partial charge in [0.05, 0.1) is 12.6 Å². The minimum absolute atomic E-state index is 0.0784. The molecule has 0 aliphatic carbocycles. The van der Waals surface area contributed by atoms with Crippen molar-refractivity contribution in [1.29, 1.82) is 0 Å². The van der Waals surface area contributed by atoms with Gasteiger partial charge in [0.1, 0.15) is 12.7 Å². The fraction of sp³-hybridized carbons (Fsp3) is 0.875. The first-order valence-electron chi connectivity index (χ1n) is 4.97. The largest absolute Gasteiger partial charge is 0.391 e. The maximum atomic E-state index is 9.30. The molecule has 1 rings (SSSR count). The second-order valence-electron chi connectivity index (χ2n) is 3.33. The quantitative estimate of drug-likeness (QED) is 0.499. The van der Waals surface area contributed by atoms with Gasteiger partial charge in [-0.3, -0.25) is 0 Å². The van der Waals surface area contributed by atoms with E-state index in [1.807, 2.05) is 6.92 Å². The first-order valence-corrected chi connectivity index (χ1v) is 4.97. The van der Waals surface area contributed by atoms with Crippen molar-refractivity contribution >= 4 is 0 Å². The molecule has 3 atom stereocenters. The third-order valence-electron chi connectivity index (χ3n) is 1.95. The maximum absolute atomic E-state index is 9.30. The summed E-state index contributed by atoms with van der Waals surface area (Å²) in [6.45, 7) is 3.72. The van der Waals surface area contributed by atoms with Crippen LogP contribution in [0.25, 0.3) is 0 Å². The van der Waals surface area contributed by atoms with Gasteiger partial charge in [-0.05, 0) is 19.1 Å². The van der Waals surface area contributed by atoms with Crippen molar-refractivity contribution in [1.82, 2.24) is 20.2 Å². The van der Waals surface area contributed by atoms with Crippen LogP contribution in [0, 0.1) is 0 Å². The van der Waals surface area contributed by atoms with Crippen LogP contribution in [-0.4, -0.2) is 54.0 Å². The van der Waals surface area contributed by atoms with Crippen LogP contribution in [0.5, 0.6) is 0 Å². The summed E-state index contributed by atoms with van der Waals surface area (Å²) in [4.78, 5) is 1.37. The van der Waals surface area contributed by atoms with Crippen molar-refractivity contribution in [3.63, 3.8) is 0 Å². The number of aryl methyl sites for hydroxylation is 1. The number of nitrogens with zero attached hydrogens (tertiary/aromatic N) is 4. The van der Waals surface area contributed by atoms with E-state index >= 15 is 0 Å². The highest BCUT2D eigenvalue weighted by Crippen LogP contribution is 2.03. The zero-order valence-electron chi connectivity index (χ0n) is 9.19. The molecule has 8 nitrogen and oxygen atoms in total. The molecule has 0 aliphatic heterocycles. The smallest absolute Gasteiger partial charge is 0.200 e. The van der Waals surface area contributed by atoms with Gasteiger partial charge in [-0.1, -0.05) is 0 Å². The molecule has 0 aliphatic rings. The lowest BCUT2D eigenvalue weighted by Crippen LogP contribution is -2.37. The molecule has 0 saturated heterocycles. The van der Waals surface area contributed by atoms with Crippen molar-refractivity contribution in [2.75, 3.05) is 0 Å². The molecule has 0 unspecified atom stereocenters. The Labute approximate surface area is 92.5 Å². The third-order valence-corrected chi connectivity index (χ3v) is 1.95. The standard InChI is InChI=1S/C8H16N4O4/c1-3-12-10-6(9-11-12)4-16-8(15)7(14)5(2)13/h5,7-8,13-15H,3-4H2,1-2H3/t5-,7-,8-/m1/s1. The van der Waals surface area contributed by atoms with Gasteiger partial charge in [0, 0.05) is 0 Å². The summed E-state index contributed by atoms with van der Waals surface area (Å²) >= 11 is 0. The van der Waals surface area contributed by atoms with E-state index < -0.39 is 18.5 Å². The zero-order valence-corrected chi connectivity index (χ0v) is 9.19. The number of hydrogen-bond acceptors (Lipinski definition) is 7. The monoisotopic (exact) mass is 232 g/mol. The first kappa shape index (κ1) is 13.0. The summed E-state index contributed by atoms with van der Waals surface area (Å²) in [5.74, 6) is 0.304. The van der Waals surface area contributed by atoms with Crippen molar-refractivity contribution < 1.29 is 20.1 Å². The lowest BCUT2D eigenvalue weighted by molar-refractivity contribution is -0.192. The molecule has 0 saturated carbocycles. The van der Waals surface area contributed by atoms with E-state index in [-0.39, 0.29) is 6.61 Å². The lowest BCUT2D eigenvalue weighted by atomic mass is 10.2. The van der Waals surface area contributed by atoms with E-state index in [1.165, 1.54) is 11.7 Å². The highest BCUT2D eigenvalue weighted by Gasteiger charge is 2.22. The number of rotatable bonds is 6. The number of hydrogen-bond donors (Lipinski definition) is 3. The highest BCUT2D eigenvalue weighted by atomic mass is 16.6. The summed E-state index contributed by atoms with van der Waals surface area (Å²) in [6.07, 6.45) is -3.91. The van der Waals surface area contributed by atoms with Crippen LogP contribution in [0.1, 0.15) is 19.7 Å². The molecule has 0 amide bonds. The number of aliphatic hydroxyl groups excluding tert-OH is 3. The molecular weight excluding hydrogens is 216 g/mol. The van der Waals surface area contributed by atoms with Gasteiger partial charge in [0.15, 0.2) is 12.1 Å². The molecule has 0 aromatic carbocycles. The van der Waals surface area contributed by atoms with E-state index in [9.17, 15) is 10.2 Å². The summed E-state index contributed by atoms with van der Waals surface area (Å²) in [6, 6.07) is 0. The number of aromatic nitrogens is 4. The minimum atomic E-state index is -1.48. The Balaban J connectivity index is 2.39. The third kappa shape index (κ3) is 3.49. The average Bonchev–Trinajstić information content (AvgIpc) is 2.72. The number of tetrazole rings is 1. The SMILES string of the molecule is CCn1nnc(CO[C@@H](O)[C@H](O)[C@@H](C)O)n1. The van der Waals surface area contributed by atoms with Gasteiger partial charge in [-0.2, -0.15) is 4.80 Å². The van der Waals surface area contributed by atoms with Crippen LogP contribution in [0.3, 0.4) is 0 Å². The van der Waals surface area contributed by atoms with Crippen LogP contribution >= 0.6 is 0 Å². The topological polar surface area (TPSA) is 114 Å². The number of aliphatic hydroxyl groups is 3. The van der Waals surface area contributed by atoms with Gasteiger partial charge >= 0.3 is 0 Å². The van der Waals surface area contributed by atoms with Gasteiger partial charge < -0.3 is 20.1 Å². The summed E-state index contributed by atoms with van der Waals surface area (Å²) in [5, 5.41) is 38.8. The Morgan fingerprint density at radius 3 is 2.56 bits per heavy atom. The van der Waals surface area contributed by atoms with E-state index in [0.29, 0.717) is 12.4 Å². The lowest BCUT2D eigenvalue weighted by Gasteiger charge is -2.19. The van der Waals surface area contributed by atoms with Crippen molar-refractivity contribution in [3.8, 4) is 0 Å². The number of ether oxygens (including phenoxy) is 1. The summed E-state index contributed by atoms with van der Waals surface area (Å²) in [5.41, 5.74) is 0. The predicted octanol–water partition coefficient (Wildman–Crippen LogP) is -1.73. The molecule has 3 N–H and O–H groups in total. The fourth-order valence-electron chi connectivity index (χ4n) is 0.965. The van der Waals surface area contributed by atoms with Crippen LogP contribution in [0.15, 0.2) is 0 Å². The van der Waals surface area contributed by atoms with Gasteiger partial charge in [0.25, 0.3) is 0 Å². The Hall–Kier alpha value is -1.09. The second kappa shape index (κ2) is 5.85. The zero-order chi connectivity index (χ0) is 12.1. The predicted molar refractivity (Wildman–Crippen MR) is 52.0 cm³/mol. The van der Waals surface area contributed by atoms with E-state index in [0.717, 1.165) is 0 Å². The van der Waals surface area contributed by atoms with E-state index in [1.54, 1.807) is 0 Å². The Morgan fingerprint density at radius 2 is 2.06 bits per heavy atom. The average molecular weight is 232 g/mol. The second-order valence-corrected chi connectivity index (χ2v) is 3.33. The Morgan fingerprint density at radius 1 is 1.38 bits per heavy atom. The molecule has 16 heavy (non-hydrogen) atoms. The first-order chi connectivity index (χ1) is 7.54. The van der Waals surface area contributed by atoms with Crippen LogP contribution in [-0.2, 0) is 17.9 Å². The molecule has 1 heterocycles. The molecule has 92 valence electrons. The van der Waals surface area contributed by atoms with Crippen LogP contribution in [0.4, 0.5) is 0 Å². The Bertz CT molecular complexity index is 317. The van der Waals surface area contributed by atoms with Gasteiger partial charge in [0.2, 0.25) is 0 Å². The van der Waals surface area contributed by atoms with Crippen molar-refractivity contribution in [2.24, 2.45) is 0 Å². The Kier molecular flexibility index (Phi) is 4.74. The molecule has 0 bridgehead atoms. The van der Waals surface area contributed by atoms with Gasteiger partial charge in [-0.15, -0.1) is 10.2 Å². The van der Waals surface area contributed by atoms with E-state index in [4.69, 9.17) is 9.84 Å². The molecule has 0 spiro atoms. The maximum Gasteiger partial charge on any atom is 0.200 e. The summed E-state index contributed by atoms with van der Waals surface area (Å²) < 4.78 is 4.88. The van der Waals surface area contributed by atoms with Crippen LogP contribution < -0.4 is 0 Å².